The van der Waals surface area contributed by atoms with Crippen LogP contribution >= 0.6 is 0 Å². The highest BCUT2D eigenvalue weighted by atomic mass is 16.6. The van der Waals surface area contributed by atoms with Gasteiger partial charge in [-0.2, -0.15) is 0 Å². The number of carbonyl (C=O) groups is 1. The molecule has 1 aromatic carbocycles. The number of amides is 1. The van der Waals surface area contributed by atoms with Crippen molar-refractivity contribution in [3.8, 4) is 0 Å². The third-order valence-electron chi connectivity index (χ3n) is 3.00. The number of nitrogens with one attached hydrogen (secondary N) is 1. The number of hydrogen-bond donors (Lipinski definition) is 2. The topological polar surface area (TPSA) is 89.3 Å². The second-order valence-electron chi connectivity index (χ2n) is 6.08. The van der Waals surface area contributed by atoms with E-state index in [2.05, 4.69) is 15.7 Å². The van der Waals surface area contributed by atoms with Gasteiger partial charge in [-0.3, -0.25) is 0 Å². The van der Waals surface area contributed by atoms with Crippen LogP contribution in [0.2, 0.25) is 0 Å². The van der Waals surface area contributed by atoms with Gasteiger partial charge in [0.05, 0.1) is 0 Å². The zero-order valence-electron chi connectivity index (χ0n) is 13.2. The number of unbranched alkanes of at least 4 members (excludes halogenated alkanes) is 1. The largest absolute Gasteiger partial charge is 0.443 e. The summed E-state index contributed by atoms with van der Waals surface area (Å²) in [5.74, 6) is 0. The summed E-state index contributed by atoms with van der Waals surface area (Å²) in [6.45, 7) is 5.56. The zero-order chi connectivity index (χ0) is 16.2. The summed E-state index contributed by atoms with van der Waals surface area (Å²) in [5, 5.41) is 16.9. The van der Waals surface area contributed by atoms with Crippen molar-refractivity contribution in [2.75, 3.05) is 12.0 Å². The molecule has 1 amide bonds. The standard InChI is InChI=1S/C15H22N4O3/c1-15(2,3)22-14(21)17-19-13-11(7-4-5-10-20)8-6-9-12(13)16-18-19/h6,8-9,20H,4-5,7,10H2,1-3H3,(H,17,21). The number of para-hydroxylation sites is 1. The molecule has 7 nitrogen and oxygen atoms in total. The minimum absolute atomic E-state index is 0.170. The molecule has 1 heterocycles. The van der Waals surface area contributed by atoms with E-state index in [1.54, 1.807) is 20.8 Å². The molecule has 0 aliphatic carbocycles. The number of fused-ring (bicyclic) bond motifs is 1. The number of carbonyl (C=O) groups excluding carboxylic acids is 1. The maximum atomic E-state index is 11.9. The fourth-order valence-corrected chi connectivity index (χ4v) is 2.14. The Morgan fingerprint density at radius 3 is 2.82 bits per heavy atom. The van der Waals surface area contributed by atoms with E-state index in [1.165, 1.54) is 4.79 Å². The van der Waals surface area contributed by atoms with Gasteiger partial charge in [0.15, 0.2) is 0 Å². The second kappa shape index (κ2) is 6.74. The van der Waals surface area contributed by atoms with Gasteiger partial charge in [-0.25, -0.2) is 10.2 Å². The molecule has 0 saturated carbocycles. The van der Waals surface area contributed by atoms with Crippen molar-refractivity contribution in [1.29, 1.82) is 0 Å². The van der Waals surface area contributed by atoms with E-state index in [0.29, 0.717) is 5.52 Å². The van der Waals surface area contributed by atoms with Crippen LogP contribution in [0.1, 0.15) is 39.2 Å². The van der Waals surface area contributed by atoms with Crippen LogP contribution < -0.4 is 5.43 Å². The van der Waals surface area contributed by atoms with E-state index < -0.39 is 11.7 Å². The molecule has 0 fully saturated rings. The average Bonchev–Trinajstić information content (AvgIpc) is 2.81. The minimum Gasteiger partial charge on any atom is -0.443 e. The van der Waals surface area contributed by atoms with Gasteiger partial charge in [0.1, 0.15) is 16.6 Å². The summed E-state index contributed by atoms with van der Waals surface area (Å²) in [6.07, 6.45) is 1.79. The van der Waals surface area contributed by atoms with Gasteiger partial charge in [0.25, 0.3) is 0 Å². The van der Waals surface area contributed by atoms with Gasteiger partial charge in [0.2, 0.25) is 0 Å². The predicted octanol–water partition coefficient (Wildman–Crippen LogP) is 2.22. The molecular weight excluding hydrogens is 284 g/mol. The summed E-state index contributed by atoms with van der Waals surface area (Å²) in [6, 6.07) is 5.71. The maximum Gasteiger partial charge on any atom is 0.428 e. The SMILES string of the molecule is CC(C)(C)OC(=O)Nn1nnc2cccc(CCCCO)c21. The van der Waals surface area contributed by atoms with Gasteiger partial charge >= 0.3 is 6.09 Å². The Bertz CT molecular complexity index is 646. The van der Waals surface area contributed by atoms with Crippen LogP contribution in [0.4, 0.5) is 4.79 Å². The molecule has 2 N–H and O–H groups in total. The number of ether oxygens (including phenoxy) is 1. The maximum absolute atomic E-state index is 11.9. The van der Waals surface area contributed by atoms with Crippen molar-refractivity contribution < 1.29 is 14.6 Å². The minimum atomic E-state index is -0.579. The number of aromatic nitrogens is 3. The first-order chi connectivity index (χ1) is 10.4. The molecule has 0 saturated heterocycles. The fraction of sp³-hybridized carbons (Fsp3) is 0.533. The highest BCUT2D eigenvalue weighted by molar-refractivity contribution is 5.82. The third-order valence-corrected chi connectivity index (χ3v) is 3.00. The smallest absolute Gasteiger partial charge is 0.428 e. The van der Waals surface area contributed by atoms with E-state index in [1.807, 2.05) is 18.2 Å². The average molecular weight is 306 g/mol. The lowest BCUT2D eigenvalue weighted by Gasteiger charge is -2.19. The Balaban J connectivity index is 2.21. The van der Waals surface area contributed by atoms with Crippen molar-refractivity contribution >= 4 is 17.1 Å². The third kappa shape index (κ3) is 4.17. The monoisotopic (exact) mass is 306 g/mol. The number of hydrogen-bond acceptors (Lipinski definition) is 5. The first-order valence-electron chi connectivity index (χ1n) is 7.35. The van der Waals surface area contributed by atoms with Gasteiger partial charge in [-0.1, -0.05) is 12.1 Å². The van der Waals surface area contributed by atoms with Gasteiger partial charge in [-0.15, -0.1) is 9.89 Å². The molecule has 0 spiro atoms. The van der Waals surface area contributed by atoms with E-state index >= 15 is 0 Å². The Hall–Kier alpha value is -2.15. The first-order valence-corrected chi connectivity index (χ1v) is 7.35. The van der Waals surface area contributed by atoms with Crippen molar-refractivity contribution in [2.45, 2.75) is 45.6 Å². The number of aryl methyl sites for hydroxylation is 1. The van der Waals surface area contributed by atoms with E-state index in [-0.39, 0.29) is 6.61 Å². The molecule has 2 rings (SSSR count). The molecule has 0 bridgehead atoms. The van der Waals surface area contributed by atoms with E-state index in [0.717, 1.165) is 30.3 Å². The molecule has 22 heavy (non-hydrogen) atoms. The number of rotatable bonds is 5. The first kappa shape index (κ1) is 16.2. The van der Waals surface area contributed by atoms with Crippen molar-refractivity contribution in [3.63, 3.8) is 0 Å². The molecule has 0 radical (unpaired) electrons. The second-order valence-corrected chi connectivity index (χ2v) is 6.08. The molecule has 0 aliphatic heterocycles. The predicted molar refractivity (Wildman–Crippen MR) is 83.1 cm³/mol. The van der Waals surface area contributed by atoms with Gasteiger partial charge < -0.3 is 9.84 Å². The highest BCUT2D eigenvalue weighted by Crippen LogP contribution is 2.18. The molecule has 0 atom stereocenters. The summed E-state index contributed by atoms with van der Waals surface area (Å²) < 4.78 is 5.23. The Morgan fingerprint density at radius 2 is 2.14 bits per heavy atom. The Morgan fingerprint density at radius 1 is 1.36 bits per heavy atom. The molecular formula is C15H22N4O3. The van der Waals surface area contributed by atoms with Crippen molar-refractivity contribution in [2.24, 2.45) is 0 Å². The van der Waals surface area contributed by atoms with Crippen molar-refractivity contribution in [1.82, 2.24) is 15.1 Å². The van der Waals surface area contributed by atoms with Crippen LogP contribution in [-0.4, -0.2) is 38.5 Å². The Labute approximate surface area is 129 Å². The lowest BCUT2D eigenvalue weighted by molar-refractivity contribution is 0.0610. The van der Waals surface area contributed by atoms with Crippen LogP contribution in [0.3, 0.4) is 0 Å². The van der Waals surface area contributed by atoms with Crippen molar-refractivity contribution in [3.05, 3.63) is 23.8 Å². The van der Waals surface area contributed by atoms with E-state index in [9.17, 15) is 4.79 Å². The van der Waals surface area contributed by atoms with Crippen LogP contribution in [0.25, 0.3) is 11.0 Å². The number of aliphatic hydroxyl groups excluding tert-OH is 1. The van der Waals surface area contributed by atoms with E-state index in [4.69, 9.17) is 9.84 Å². The van der Waals surface area contributed by atoms with Crippen LogP contribution in [-0.2, 0) is 11.2 Å². The van der Waals surface area contributed by atoms with Crippen LogP contribution in [0, 0.1) is 0 Å². The molecule has 2 aromatic rings. The lowest BCUT2D eigenvalue weighted by Crippen LogP contribution is -2.32. The van der Waals surface area contributed by atoms with Gasteiger partial charge in [-0.05, 0) is 56.9 Å². The fourth-order valence-electron chi connectivity index (χ4n) is 2.14. The normalized spacial score (nSPS) is 11.6. The van der Waals surface area contributed by atoms with Crippen LogP contribution in [0.15, 0.2) is 18.2 Å². The number of nitrogens with zero attached hydrogens (tertiary/aromatic N) is 3. The summed E-state index contributed by atoms with van der Waals surface area (Å²) in [7, 11) is 0. The summed E-state index contributed by atoms with van der Waals surface area (Å²) in [4.78, 5) is 13.2. The molecule has 0 aliphatic rings. The summed E-state index contributed by atoms with van der Waals surface area (Å²) >= 11 is 0. The lowest BCUT2D eigenvalue weighted by atomic mass is 10.1. The zero-order valence-corrected chi connectivity index (χ0v) is 13.2. The summed E-state index contributed by atoms with van der Waals surface area (Å²) in [5.41, 5.74) is 4.49. The molecule has 120 valence electrons. The highest BCUT2D eigenvalue weighted by Gasteiger charge is 2.18. The Kier molecular flexibility index (Phi) is 4.97. The number of benzene rings is 1. The quantitative estimate of drug-likeness (QED) is 0.827. The molecule has 7 heteroatoms. The van der Waals surface area contributed by atoms with Gasteiger partial charge in [0, 0.05) is 6.61 Å². The number of aliphatic hydroxyl groups is 1. The molecule has 1 aromatic heterocycles. The molecule has 0 unspecified atom stereocenters. The van der Waals surface area contributed by atoms with Crippen LogP contribution in [0.5, 0.6) is 0 Å².